The number of aromatic nitrogens is 19. The van der Waals surface area contributed by atoms with Gasteiger partial charge < -0.3 is 20.1 Å². The van der Waals surface area contributed by atoms with Gasteiger partial charge in [0.2, 0.25) is 5.96 Å². The summed E-state index contributed by atoms with van der Waals surface area (Å²) in [5.41, 5.74) is 31.0. The van der Waals surface area contributed by atoms with Gasteiger partial charge >= 0.3 is 5.97 Å². The van der Waals surface area contributed by atoms with E-state index in [-0.39, 0.29) is 6.54 Å². The van der Waals surface area contributed by atoms with Crippen molar-refractivity contribution in [3.8, 4) is 0 Å². The minimum atomic E-state index is -0.856. The van der Waals surface area contributed by atoms with E-state index in [2.05, 4.69) is 338 Å². The van der Waals surface area contributed by atoms with Crippen molar-refractivity contribution in [2.75, 3.05) is 79.7 Å². The smallest absolute Gasteiger partial charge is 0.325 e. The fourth-order valence-electron chi connectivity index (χ4n) is 16.8. The van der Waals surface area contributed by atoms with Gasteiger partial charge in [0.1, 0.15) is 6.54 Å². The summed E-state index contributed by atoms with van der Waals surface area (Å²) in [5.74, 6) is 5.52. The molecule has 0 radical (unpaired) electrons. The Kier molecular flexibility index (Phi) is 49.7. The maximum absolute atomic E-state index is 10.6. The lowest BCUT2D eigenvalue weighted by Gasteiger charge is -2.26. The monoisotopic (exact) mass is 1760 g/mol. The van der Waals surface area contributed by atoms with Crippen molar-refractivity contribution in [1.29, 1.82) is 0 Å². The highest BCUT2D eigenvalue weighted by molar-refractivity contribution is 5.82. The molecule has 0 aromatic carbocycles. The number of aryl methyl sites for hydroxylation is 11. The molecule has 6 N–H and O–H groups in total. The standard InChI is InChI=1S/C16H31N5.C14H25N3O.C12H21N3.C10H16N2O2.C10H18N2.C9H16N2.C9H13N.C8H14N2.2C6H10N2/c1-8-17-16(18-10-9-11-20(6)7)21-14(5)15(12(2)3)13(4)19-21;1-11(2)14-12(3)15-17(13(14)4)6-5-16-7-9-18-10-8-16;1-9(2)12-10(3)13-14-11(12)8-15-6-4-5-7-15;1-6(2)10-7(3)11-12(8(10)4)5-9(13)14;1-6-9-10(7(2)3)8(4)12(5)11-9;1-6(2)9-7(3)10-11(5)8(9)4;1-7(2)9-5-4-6-10-8(9)3;1-5(2)8-6(3)9-10-7(8)4;1-5(2)6-3-7-8-4-6;1-5(2)6-3-4-7-8-6/h12H,8-11H2,1-7H3,(H,17,18);11H,5-10H2,1-4H3;9H,4-8H2,1-3H3,(H,13,14);6H,5H2,1-4H3,(H,13,14);7H,6H2,1-5H3;6H,1-5H3;4-7H,1-3H3;5H,1-4H3,(H,9,10);2*3-5H,1-2H3,(H,7,8). The molecule has 27 nitrogen and oxygen atoms in total. The Morgan fingerprint density at radius 3 is 1.39 bits per heavy atom. The van der Waals surface area contributed by atoms with E-state index in [0.29, 0.717) is 59.2 Å². The van der Waals surface area contributed by atoms with Gasteiger partial charge in [-0.3, -0.25) is 63.7 Å². The Balaban J connectivity index is 0.000000369. The van der Waals surface area contributed by atoms with Gasteiger partial charge in [-0.1, -0.05) is 151 Å². The second-order valence-electron chi connectivity index (χ2n) is 37.2. The van der Waals surface area contributed by atoms with Gasteiger partial charge in [0, 0.05) is 123 Å². The number of aliphatic carboxylic acids is 1. The Labute approximate surface area is 766 Å². The first-order valence-corrected chi connectivity index (χ1v) is 46.9. The zero-order valence-corrected chi connectivity index (χ0v) is 86.6. The molecule has 2 saturated heterocycles. The molecule has 0 aliphatic carbocycles. The Morgan fingerprint density at radius 1 is 0.504 bits per heavy atom. The summed E-state index contributed by atoms with van der Waals surface area (Å²) in [4.78, 5) is 26.6. The molecule has 10 aromatic rings. The van der Waals surface area contributed by atoms with E-state index >= 15 is 0 Å². The summed E-state index contributed by atoms with van der Waals surface area (Å²) in [5, 5.41) is 62.3. The average Bonchev–Trinajstić information content (AvgIpc) is 1.64. The molecule has 712 valence electrons. The molecule has 12 heterocycles. The van der Waals surface area contributed by atoms with Crippen LogP contribution in [0.1, 0.15) is 372 Å². The van der Waals surface area contributed by atoms with Crippen molar-refractivity contribution in [1.82, 2.24) is 115 Å². The lowest BCUT2D eigenvalue weighted by molar-refractivity contribution is -0.137. The number of nitrogens with one attached hydrogen (secondary N) is 5. The Hall–Kier alpha value is -9.18. The maximum Gasteiger partial charge on any atom is 0.325 e. The highest BCUT2D eigenvalue weighted by Gasteiger charge is 2.23. The van der Waals surface area contributed by atoms with Crippen molar-refractivity contribution in [3.63, 3.8) is 0 Å². The predicted octanol–water partition coefficient (Wildman–Crippen LogP) is 20.8. The molecule has 127 heavy (non-hydrogen) atoms. The van der Waals surface area contributed by atoms with Crippen molar-refractivity contribution < 1.29 is 14.6 Å². The molecular weight excluding hydrogens is 1590 g/mol. The molecule has 0 unspecified atom stereocenters. The second-order valence-corrected chi connectivity index (χ2v) is 37.2. The van der Waals surface area contributed by atoms with E-state index in [4.69, 9.17) is 14.8 Å². The SMILES string of the molecule is CC(C)c1ccn[nH]1.CC(C)c1cn[nH]c1.CCNC(=NCCCN(C)C)n1nc(C)c(C(C)C)c1C.CCc1nn(C)c(C)c1C(C)C.Cc1[nH]nc(CN2CCCC2)c1C(C)C.Cc1n[nH]c(C)c1C(C)C.Cc1ncccc1C(C)C.Cc1nn(C)c(C)c1C(C)C.Cc1nn(CC(=O)O)c(C)c1C(C)C.Cc1nn(CCN2CCOCC2)c(C)c1C(C)C. The average molecular weight is 1760 g/mol. The van der Waals surface area contributed by atoms with Gasteiger partial charge in [-0.15, -0.1) is 0 Å². The maximum atomic E-state index is 10.6. The van der Waals surface area contributed by atoms with E-state index < -0.39 is 5.97 Å². The van der Waals surface area contributed by atoms with Crippen LogP contribution >= 0.6 is 0 Å². The molecule has 0 saturated carbocycles. The van der Waals surface area contributed by atoms with Gasteiger partial charge in [0.15, 0.2) is 0 Å². The number of hydrogen-bond acceptors (Lipinski definition) is 16. The van der Waals surface area contributed by atoms with Crippen LogP contribution in [0, 0.1) is 90.0 Å². The predicted molar refractivity (Wildman–Crippen MR) is 527 cm³/mol. The third-order valence-corrected chi connectivity index (χ3v) is 23.0. The number of pyridine rings is 1. The first kappa shape index (κ1) is 112. The van der Waals surface area contributed by atoms with Crippen LogP contribution in [-0.2, 0) is 49.7 Å². The van der Waals surface area contributed by atoms with Crippen LogP contribution in [0.4, 0.5) is 0 Å². The zero-order valence-electron chi connectivity index (χ0n) is 86.6. The Bertz CT molecular complexity index is 4680. The summed E-state index contributed by atoms with van der Waals surface area (Å²) in [6.45, 7) is 87.0. The van der Waals surface area contributed by atoms with Gasteiger partial charge in [-0.05, 0) is 278 Å². The van der Waals surface area contributed by atoms with Gasteiger partial charge in [0.05, 0.1) is 65.8 Å². The number of rotatable bonds is 23. The fraction of sp³-hybridized carbons (Fsp3) is 0.660. The minimum absolute atomic E-state index is 0.0562. The molecule has 10 aromatic heterocycles. The quantitative estimate of drug-likeness (QED) is 0.0197. The van der Waals surface area contributed by atoms with Crippen LogP contribution < -0.4 is 5.32 Å². The third kappa shape index (κ3) is 36.4. The van der Waals surface area contributed by atoms with Crippen LogP contribution in [0.3, 0.4) is 0 Å². The number of nitrogens with zero attached hydrogens (tertiary/aromatic N) is 19. The Morgan fingerprint density at radius 2 is 1.01 bits per heavy atom. The van der Waals surface area contributed by atoms with Crippen molar-refractivity contribution in [2.45, 2.75) is 347 Å². The molecule has 0 amide bonds. The number of carboxylic acids is 1. The molecule has 12 rings (SSSR count). The molecule has 0 bridgehead atoms. The van der Waals surface area contributed by atoms with E-state index in [0.717, 1.165) is 118 Å². The largest absolute Gasteiger partial charge is 0.480 e. The van der Waals surface area contributed by atoms with Crippen LogP contribution in [0.2, 0.25) is 0 Å². The van der Waals surface area contributed by atoms with E-state index in [1.807, 2.05) is 79.6 Å². The minimum Gasteiger partial charge on any atom is -0.480 e. The summed E-state index contributed by atoms with van der Waals surface area (Å²) in [6.07, 6.45) is 12.2. The van der Waals surface area contributed by atoms with Crippen LogP contribution in [-0.4, -0.2) is 206 Å². The number of carboxylic acid groups (broad SMARTS) is 1. The van der Waals surface area contributed by atoms with Crippen molar-refractivity contribution in [3.05, 3.63) is 184 Å². The lowest BCUT2D eigenvalue weighted by atomic mass is 10.00. The number of likely N-dealkylation sites (tertiary alicyclic amines) is 1. The first-order chi connectivity index (χ1) is 59.6. The number of ether oxygens (including phenoxy) is 1. The molecule has 27 heteroatoms. The highest BCUT2D eigenvalue weighted by Crippen LogP contribution is 2.29. The second kappa shape index (κ2) is 56.3. The molecular formula is C100H174N24O3. The van der Waals surface area contributed by atoms with E-state index in [1.165, 1.54) is 133 Å². The van der Waals surface area contributed by atoms with Gasteiger partial charge in [-0.25, -0.2) is 4.68 Å². The molecule has 0 spiro atoms. The number of carbonyl (C=O) groups is 1. The normalized spacial score (nSPS) is 12.9. The number of aromatic amines is 4. The first-order valence-electron chi connectivity index (χ1n) is 46.9. The highest BCUT2D eigenvalue weighted by atomic mass is 16.5. The lowest BCUT2D eigenvalue weighted by Crippen LogP contribution is -2.38. The summed E-state index contributed by atoms with van der Waals surface area (Å²) in [6, 6.07) is 6.11. The van der Waals surface area contributed by atoms with Crippen LogP contribution in [0.15, 0.2) is 48.0 Å². The number of hydrogen-bond donors (Lipinski definition) is 6. The summed E-state index contributed by atoms with van der Waals surface area (Å²) < 4.78 is 15.0. The molecule has 2 aliphatic rings. The van der Waals surface area contributed by atoms with E-state index in [9.17, 15) is 4.79 Å². The van der Waals surface area contributed by atoms with E-state index in [1.54, 1.807) is 10.9 Å². The molecule has 2 aliphatic heterocycles. The topological polar surface area (TPSA) is 297 Å². The van der Waals surface area contributed by atoms with Crippen molar-refractivity contribution >= 4 is 11.9 Å². The summed E-state index contributed by atoms with van der Waals surface area (Å²) in [7, 11) is 8.18. The number of morpholine rings is 1. The summed E-state index contributed by atoms with van der Waals surface area (Å²) >= 11 is 0. The third-order valence-electron chi connectivity index (χ3n) is 23.0. The van der Waals surface area contributed by atoms with Gasteiger partial charge in [-0.2, -0.15) is 45.9 Å². The fourth-order valence-corrected chi connectivity index (χ4v) is 16.8. The van der Waals surface area contributed by atoms with Gasteiger partial charge in [0.25, 0.3) is 0 Å². The van der Waals surface area contributed by atoms with Crippen LogP contribution in [0.5, 0.6) is 0 Å². The zero-order chi connectivity index (χ0) is 96.0. The number of H-pyrrole nitrogens is 4. The van der Waals surface area contributed by atoms with Crippen LogP contribution in [0.25, 0.3) is 0 Å². The number of aliphatic imine (C=N–C) groups is 1. The molecule has 0 atom stereocenters. The molecule has 2 fully saturated rings. The van der Waals surface area contributed by atoms with Crippen molar-refractivity contribution in [2.24, 2.45) is 19.1 Å².